The Bertz CT molecular complexity index is 865. The molecule has 1 N–H and O–H groups in total. The summed E-state index contributed by atoms with van der Waals surface area (Å²) in [7, 11) is 3.16. The van der Waals surface area contributed by atoms with Gasteiger partial charge in [-0.05, 0) is 35.2 Å². The average Bonchev–Trinajstić information content (AvgIpc) is 2.72. The molecule has 2 amide bonds. The van der Waals surface area contributed by atoms with Crippen LogP contribution in [0.2, 0.25) is 0 Å². The Hall–Kier alpha value is -3.02. The van der Waals surface area contributed by atoms with Crippen LogP contribution in [0.5, 0.6) is 11.5 Å². The lowest BCUT2D eigenvalue weighted by Crippen LogP contribution is -2.47. The van der Waals surface area contributed by atoms with Crippen LogP contribution in [-0.4, -0.2) is 37.5 Å². The van der Waals surface area contributed by atoms with E-state index in [-0.39, 0.29) is 11.8 Å². The third kappa shape index (κ3) is 3.96. The maximum Gasteiger partial charge on any atom is 0.247 e. The van der Waals surface area contributed by atoms with Crippen molar-refractivity contribution < 1.29 is 19.1 Å². The van der Waals surface area contributed by atoms with Crippen LogP contribution in [0.15, 0.2) is 42.5 Å². The smallest absolute Gasteiger partial charge is 0.247 e. The molecule has 1 atom stereocenters. The fourth-order valence-electron chi connectivity index (χ4n) is 3.59. The molecule has 0 saturated heterocycles. The predicted octanol–water partition coefficient (Wildman–Crippen LogP) is 2.86. The van der Waals surface area contributed by atoms with Crippen molar-refractivity contribution in [2.45, 2.75) is 32.4 Å². The third-order valence-corrected chi connectivity index (χ3v) is 4.95. The number of benzene rings is 2. The minimum Gasteiger partial charge on any atom is -0.493 e. The molecule has 0 bridgehead atoms. The SMILES string of the molecule is CCCN1C(=O)Cc2ccccc2[C@@H]1C(=O)NCc1ccc(OC)c(OC)c1. The van der Waals surface area contributed by atoms with Crippen LogP contribution in [-0.2, 0) is 22.6 Å². The first-order chi connectivity index (χ1) is 13.6. The summed E-state index contributed by atoms with van der Waals surface area (Å²) in [5.41, 5.74) is 2.72. The van der Waals surface area contributed by atoms with Crippen molar-refractivity contribution in [2.24, 2.45) is 0 Å². The Labute approximate surface area is 165 Å². The molecule has 2 aromatic carbocycles. The van der Waals surface area contributed by atoms with Gasteiger partial charge in [0.1, 0.15) is 6.04 Å². The summed E-state index contributed by atoms with van der Waals surface area (Å²) < 4.78 is 10.6. The Morgan fingerprint density at radius 1 is 1.14 bits per heavy atom. The van der Waals surface area contributed by atoms with E-state index in [0.29, 0.717) is 31.0 Å². The van der Waals surface area contributed by atoms with E-state index in [4.69, 9.17) is 9.47 Å². The van der Waals surface area contributed by atoms with Gasteiger partial charge in [0.25, 0.3) is 0 Å². The van der Waals surface area contributed by atoms with Crippen LogP contribution in [0.1, 0.15) is 36.1 Å². The van der Waals surface area contributed by atoms with E-state index in [2.05, 4.69) is 5.32 Å². The number of carbonyl (C=O) groups is 2. The number of hydrogen-bond acceptors (Lipinski definition) is 4. The third-order valence-electron chi connectivity index (χ3n) is 4.95. The molecule has 1 aliphatic rings. The molecule has 3 rings (SSSR count). The summed E-state index contributed by atoms with van der Waals surface area (Å²) in [5.74, 6) is 1.06. The number of ether oxygens (including phenoxy) is 2. The van der Waals surface area contributed by atoms with Gasteiger partial charge in [-0.1, -0.05) is 37.3 Å². The van der Waals surface area contributed by atoms with Crippen molar-refractivity contribution in [1.29, 1.82) is 0 Å². The van der Waals surface area contributed by atoms with Crippen molar-refractivity contribution in [3.05, 3.63) is 59.2 Å². The van der Waals surface area contributed by atoms with Gasteiger partial charge in [0.2, 0.25) is 11.8 Å². The fourth-order valence-corrected chi connectivity index (χ4v) is 3.59. The van der Waals surface area contributed by atoms with Gasteiger partial charge in [0.05, 0.1) is 20.6 Å². The zero-order valence-electron chi connectivity index (χ0n) is 16.5. The van der Waals surface area contributed by atoms with Gasteiger partial charge in [-0.15, -0.1) is 0 Å². The second-order valence-electron chi connectivity index (χ2n) is 6.77. The van der Waals surface area contributed by atoms with E-state index in [1.807, 2.05) is 49.4 Å². The van der Waals surface area contributed by atoms with Gasteiger partial charge < -0.3 is 19.7 Å². The molecule has 0 radical (unpaired) electrons. The maximum atomic E-state index is 13.1. The molecule has 1 heterocycles. The number of methoxy groups -OCH3 is 2. The van der Waals surface area contributed by atoms with Crippen molar-refractivity contribution in [3.63, 3.8) is 0 Å². The van der Waals surface area contributed by atoms with Crippen LogP contribution >= 0.6 is 0 Å². The molecular formula is C22H26N2O4. The summed E-state index contributed by atoms with van der Waals surface area (Å²) in [6.45, 7) is 2.90. The minimum atomic E-state index is -0.599. The highest BCUT2D eigenvalue weighted by atomic mass is 16.5. The molecule has 2 aromatic rings. The van der Waals surface area contributed by atoms with E-state index in [0.717, 1.165) is 23.1 Å². The lowest BCUT2D eigenvalue weighted by atomic mass is 9.91. The topological polar surface area (TPSA) is 67.9 Å². The monoisotopic (exact) mass is 382 g/mol. The number of fused-ring (bicyclic) bond motifs is 1. The van der Waals surface area contributed by atoms with Crippen LogP contribution in [0.3, 0.4) is 0 Å². The molecule has 0 unspecified atom stereocenters. The summed E-state index contributed by atoms with van der Waals surface area (Å²) in [6.07, 6.45) is 1.14. The second-order valence-corrected chi connectivity index (χ2v) is 6.77. The molecule has 6 heteroatoms. The van der Waals surface area contributed by atoms with Crippen LogP contribution in [0.4, 0.5) is 0 Å². The van der Waals surface area contributed by atoms with Gasteiger partial charge in [-0.2, -0.15) is 0 Å². The molecule has 0 fully saturated rings. The normalized spacial score (nSPS) is 15.8. The summed E-state index contributed by atoms with van der Waals surface area (Å²) in [6, 6.07) is 12.6. The Morgan fingerprint density at radius 2 is 1.89 bits per heavy atom. The largest absolute Gasteiger partial charge is 0.493 e. The molecule has 28 heavy (non-hydrogen) atoms. The lowest BCUT2D eigenvalue weighted by molar-refractivity contribution is -0.141. The van der Waals surface area contributed by atoms with E-state index in [1.165, 1.54) is 0 Å². The number of hydrogen-bond donors (Lipinski definition) is 1. The Morgan fingerprint density at radius 3 is 2.61 bits per heavy atom. The molecule has 0 saturated carbocycles. The Balaban J connectivity index is 1.81. The summed E-state index contributed by atoms with van der Waals surface area (Å²) >= 11 is 0. The standard InChI is InChI=1S/C22H26N2O4/c1-4-11-24-20(25)13-16-7-5-6-8-17(16)21(24)22(26)23-14-15-9-10-18(27-2)19(12-15)28-3/h5-10,12,21H,4,11,13-14H2,1-3H3,(H,23,26)/t21-/m1/s1. The predicted molar refractivity (Wildman–Crippen MR) is 106 cm³/mol. The highest BCUT2D eigenvalue weighted by Gasteiger charge is 2.36. The van der Waals surface area contributed by atoms with Gasteiger partial charge in [0, 0.05) is 13.1 Å². The summed E-state index contributed by atoms with van der Waals surface area (Å²) in [4.78, 5) is 27.4. The van der Waals surface area contributed by atoms with Crippen LogP contribution < -0.4 is 14.8 Å². The van der Waals surface area contributed by atoms with E-state index < -0.39 is 6.04 Å². The van der Waals surface area contributed by atoms with Gasteiger partial charge in [-0.25, -0.2) is 0 Å². The van der Waals surface area contributed by atoms with Crippen molar-refractivity contribution in [1.82, 2.24) is 10.2 Å². The second kappa shape index (κ2) is 8.78. The quantitative estimate of drug-likeness (QED) is 0.800. The summed E-state index contributed by atoms with van der Waals surface area (Å²) in [5, 5.41) is 2.98. The highest BCUT2D eigenvalue weighted by Crippen LogP contribution is 2.31. The van der Waals surface area contributed by atoms with Crippen molar-refractivity contribution in [3.8, 4) is 11.5 Å². The lowest BCUT2D eigenvalue weighted by Gasteiger charge is -2.36. The van der Waals surface area contributed by atoms with Gasteiger partial charge >= 0.3 is 0 Å². The first kappa shape index (κ1) is 19.7. The van der Waals surface area contributed by atoms with Gasteiger partial charge in [0.15, 0.2) is 11.5 Å². The maximum absolute atomic E-state index is 13.1. The number of carbonyl (C=O) groups excluding carboxylic acids is 2. The Kier molecular flexibility index (Phi) is 6.19. The molecule has 148 valence electrons. The molecule has 0 aliphatic carbocycles. The molecule has 0 aromatic heterocycles. The van der Waals surface area contributed by atoms with Crippen LogP contribution in [0, 0.1) is 0 Å². The zero-order chi connectivity index (χ0) is 20.1. The highest BCUT2D eigenvalue weighted by molar-refractivity contribution is 5.92. The number of nitrogens with one attached hydrogen (secondary N) is 1. The minimum absolute atomic E-state index is 0.00758. The van der Waals surface area contributed by atoms with E-state index in [9.17, 15) is 9.59 Å². The van der Waals surface area contributed by atoms with Crippen molar-refractivity contribution >= 4 is 11.8 Å². The van der Waals surface area contributed by atoms with E-state index >= 15 is 0 Å². The first-order valence-electron chi connectivity index (χ1n) is 9.45. The first-order valence-corrected chi connectivity index (χ1v) is 9.45. The molecule has 0 spiro atoms. The molecular weight excluding hydrogens is 356 g/mol. The molecule has 6 nitrogen and oxygen atoms in total. The number of rotatable bonds is 7. The zero-order valence-corrected chi connectivity index (χ0v) is 16.5. The van der Waals surface area contributed by atoms with Crippen LogP contribution in [0.25, 0.3) is 0 Å². The number of amides is 2. The fraction of sp³-hybridized carbons (Fsp3) is 0.364. The molecule has 1 aliphatic heterocycles. The number of nitrogens with zero attached hydrogens (tertiary/aromatic N) is 1. The van der Waals surface area contributed by atoms with Crippen molar-refractivity contribution in [2.75, 3.05) is 20.8 Å². The van der Waals surface area contributed by atoms with E-state index in [1.54, 1.807) is 19.1 Å². The average molecular weight is 382 g/mol. The van der Waals surface area contributed by atoms with Gasteiger partial charge in [-0.3, -0.25) is 9.59 Å².